The minimum absolute atomic E-state index is 0.275. The van der Waals surface area contributed by atoms with Crippen LogP contribution in [0.3, 0.4) is 0 Å². The molecule has 0 amide bonds. The minimum Gasteiger partial charge on any atom is -0.393 e. The van der Waals surface area contributed by atoms with Gasteiger partial charge in [-0.2, -0.15) is 0 Å². The van der Waals surface area contributed by atoms with Crippen molar-refractivity contribution in [3.05, 3.63) is 0 Å². The number of hydrogen-bond donors (Lipinski definition) is 0. The Morgan fingerprint density at radius 1 is 0.611 bits per heavy atom. The van der Waals surface area contributed by atoms with Crippen molar-refractivity contribution < 1.29 is 28.7 Å². The molecule has 94 valence electrons. The Labute approximate surface area is 102 Å². The third-order valence-corrected chi connectivity index (χ3v) is 4.94. The molecule has 2 bridgehead atoms. The summed E-state index contributed by atoms with van der Waals surface area (Å²) in [6.07, 6.45) is 1.36. The number of hydrogen-bond acceptors (Lipinski definition) is 6. The lowest BCUT2D eigenvalue weighted by Crippen LogP contribution is -2.53. The number of ether oxygens (including phenoxy) is 2. The molecular formula is C12H10O6. The van der Waals surface area contributed by atoms with Crippen LogP contribution in [-0.2, 0) is 28.7 Å². The van der Waals surface area contributed by atoms with Crippen molar-refractivity contribution in [1.82, 2.24) is 0 Å². The number of cyclic esters (lactones) is 4. The fourth-order valence-corrected chi connectivity index (χ4v) is 4.37. The first-order valence-corrected chi connectivity index (χ1v) is 6.10. The van der Waals surface area contributed by atoms with Gasteiger partial charge in [-0.3, -0.25) is 19.2 Å². The van der Waals surface area contributed by atoms with E-state index in [2.05, 4.69) is 9.47 Å². The van der Waals surface area contributed by atoms with E-state index in [4.69, 9.17) is 0 Å². The summed E-state index contributed by atoms with van der Waals surface area (Å²) in [5, 5.41) is 0. The van der Waals surface area contributed by atoms with Gasteiger partial charge in [0, 0.05) is 0 Å². The SMILES string of the molecule is O=C1OC(=O)[C@H]2C3CCC([C@@H]12)[C@@H]1C(=O)OC(=O)[C@H]31. The predicted octanol–water partition coefficient (Wildman–Crippen LogP) is -0.342. The van der Waals surface area contributed by atoms with Crippen LogP contribution in [0.4, 0.5) is 0 Å². The lowest BCUT2D eigenvalue weighted by atomic mass is 9.51. The molecule has 2 heterocycles. The molecule has 18 heavy (non-hydrogen) atoms. The number of carbonyl (C=O) groups excluding carboxylic acids is 4. The largest absolute Gasteiger partial charge is 0.393 e. The predicted molar refractivity (Wildman–Crippen MR) is 52.4 cm³/mol. The molecule has 6 heteroatoms. The minimum atomic E-state index is -0.545. The van der Waals surface area contributed by atoms with Crippen LogP contribution in [-0.4, -0.2) is 23.9 Å². The van der Waals surface area contributed by atoms with Crippen molar-refractivity contribution in [1.29, 1.82) is 0 Å². The average molecular weight is 250 g/mol. The van der Waals surface area contributed by atoms with Gasteiger partial charge in [-0.15, -0.1) is 0 Å². The molecule has 6 nitrogen and oxygen atoms in total. The molecule has 2 saturated heterocycles. The third-order valence-electron chi connectivity index (χ3n) is 4.94. The smallest absolute Gasteiger partial charge is 0.317 e. The second-order valence-corrected chi connectivity index (χ2v) is 5.49. The maximum absolute atomic E-state index is 11.7. The normalized spacial score (nSPS) is 48.9. The van der Waals surface area contributed by atoms with Gasteiger partial charge in [-0.05, 0) is 24.7 Å². The van der Waals surface area contributed by atoms with Crippen LogP contribution >= 0.6 is 0 Å². The lowest BCUT2D eigenvalue weighted by molar-refractivity contribution is -0.154. The molecule has 5 rings (SSSR count). The highest BCUT2D eigenvalue weighted by Crippen LogP contribution is 2.59. The quantitative estimate of drug-likeness (QED) is 0.431. The Kier molecular flexibility index (Phi) is 1.70. The maximum atomic E-state index is 11.7. The molecular weight excluding hydrogens is 240 g/mol. The van der Waals surface area contributed by atoms with E-state index in [1.807, 2.05) is 0 Å². The molecule has 2 unspecified atom stereocenters. The molecule has 5 aliphatic rings. The Hall–Kier alpha value is -1.72. The van der Waals surface area contributed by atoms with E-state index >= 15 is 0 Å². The van der Waals surface area contributed by atoms with Crippen molar-refractivity contribution in [2.24, 2.45) is 35.5 Å². The monoisotopic (exact) mass is 250 g/mol. The van der Waals surface area contributed by atoms with Gasteiger partial charge in [0.2, 0.25) is 0 Å². The van der Waals surface area contributed by atoms with Gasteiger partial charge in [0.1, 0.15) is 0 Å². The van der Waals surface area contributed by atoms with Gasteiger partial charge in [-0.1, -0.05) is 0 Å². The Morgan fingerprint density at radius 3 is 1.17 bits per heavy atom. The molecule has 0 N–H and O–H groups in total. The van der Waals surface area contributed by atoms with Gasteiger partial charge in [0.05, 0.1) is 23.7 Å². The second kappa shape index (κ2) is 2.99. The number of fused-ring (bicyclic) bond motifs is 1. The van der Waals surface area contributed by atoms with E-state index in [9.17, 15) is 19.2 Å². The number of rotatable bonds is 0. The van der Waals surface area contributed by atoms with Crippen LogP contribution < -0.4 is 0 Å². The van der Waals surface area contributed by atoms with Crippen LogP contribution in [0.1, 0.15) is 12.8 Å². The Bertz CT molecular complexity index is 423. The highest BCUT2D eigenvalue weighted by atomic mass is 16.6. The number of esters is 4. The first-order valence-electron chi connectivity index (χ1n) is 6.10. The van der Waals surface area contributed by atoms with Crippen molar-refractivity contribution in [3.8, 4) is 0 Å². The standard InChI is InChI=1S/C12H10O6/c13-9-5-3-1-2-4(7(5)11(15)17-9)8-6(3)10(14)18-12(8)16/h3-8H,1-2H2/t3?,4?,5-,6+,7+,8-. The van der Waals surface area contributed by atoms with E-state index in [0.717, 1.165) is 0 Å². The summed E-state index contributed by atoms with van der Waals surface area (Å²) in [7, 11) is 0. The van der Waals surface area contributed by atoms with E-state index in [-0.39, 0.29) is 11.8 Å². The van der Waals surface area contributed by atoms with Crippen LogP contribution in [0.25, 0.3) is 0 Å². The summed E-state index contributed by atoms with van der Waals surface area (Å²) in [6, 6.07) is 0. The number of carbonyl (C=O) groups is 4. The van der Waals surface area contributed by atoms with Crippen LogP contribution in [0.2, 0.25) is 0 Å². The third kappa shape index (κ3) is 0.958. The Balaban J connectivity index is 1.84. The molecule has 2 aliphatic heterocycles. The lowest BCUT2D eigenvalue weighted by Gasteiger charge is -2.46. The van der Waals surface area contributed by atoms with E-state index in [1.54, 1.807) is 0 Å². The van der Waals surface area contributed by atoms with Crippen molar-refractivity contribution in [2.75, 3.05) is 0 Å². The highest BCUT2D eigenvalue weighted by Gasteiger charge is 2.69. The molecule has 6 atom stereocenters. The average Bonchev–Trinajstić information content (AvgIpc) is 2.81. The first kappa shape index (κ1) is 10.2. The van der Waals surface area contributed by atoms with Gasteiger partial charge in [0.25, 0.3) is 0 Å². The topological polar surface area (TPSA) is 86.7 Å². The van der Waals surface area contributed by atoms with Crippen molar-refractivity contribution in [2.45, 2.75) is 12.8 Å². The van der Waals surface area contributed by atoms with Crippen molar-refractivity contribution in [3.63, 3.8) is 0 Å². The summed E-state index contributed by atoms with van der Waals surface area (Å²) in [6.45, 7) is 0. The molecule has 3 saturated carbocycles. The van der Waals surface area contributed by atoms with Gasteiger partial charge in [-0.25, -0.2) is 0 Å². The van der Waals surface area contributed by atoms with Crippen LogP contribution in [0, 0.1) is 35.5 Å². The zero-order chi connectivity index (χ0) is 12.6. The summed E-state index contributed by atoms with van der Waals surface area (Å²) in [5.74, 6) is -4.88. The molecule has 5 fully saturated rings. The van der Waals surface area contributed by atoms with Gasteiger partial charge < -0.3 is 9.47 Å². The molecule has 3 aliphatic carbocycles. The summed E-state index contributed by atoms with van der Waals surface area (Å²) in [5.41, 5.74) is 0. The van der Waals surface area contributed by atoms with Crippen LogP contribution in [0.15, 0.2) is 0 Å². The van der Waals surface area contributed by atoms with E-state index < -0.39 is 47.5 Å². The Morgan fingerprint density at radius 2 is 0.889 bits per heavy atom. The molecule has 0 radical (unpaired) electrons. The summed E-state index contributed by atoms with van der Waals surface area (Å²) < 4.78 is 9.37. The van der Waals surface area contributed by atoms with Crippen molar-refractivity contribution >= 4 is 23.9 Å². The molecule has 0 spiro atoms. The fraction of sp³-hybridized carbons (Fsp3) is 0.667. The highest BCUT2D eigenvalue weighted by molar-refractivity contribution is 6.02. The zero-order valence-electron chi connectivity index (χ0n) is 9.33. The van der Waals surface area contributed by atoms with Crippen LogP contribution in [0.5, 0.6) is 0 Å². The van der Waals surface area contributed by atoms with Gasteiger partial charge in [0.15, 0.2) is 0 Å². The molecule has 0 aromatic carbocycles. The molecule has 0 aromatic heterocycles. The second-order valence-electron chi connectivity index (χ2n) is 5.49. The van der Waals surface area contributed by atoms with E-state index in [0.29, 0.717) is 12.8 Å². The molecule has 0 aromatic rings. The first-order chi connectivity index (χ1) is 8.59. The summed E-state index contributed by atoms with van der Waals surface area (Å²) >= 11 is 0. The van der Waals surface area contributed by atoms with E-state index in [1.165, 1.54) is 0 Å². The van der Waals surface area contributed by atoms with Gasteiger partial charge >= 0.3 is 23.9 Å². The fourth-order valence-electron chi connectivity index (χ4n) is 4.37. The summed E-state index contributed by atoms with van der Waals surface area (Å²) in [4.78, 5) is 46.8. The maximum Gasteiger partial charge on any atom is 0.317 e. The zero-order valence-corrected chi connectivity index (χ0v) is 9.33.